The molecular formula is C14H9Cl2NS2. The lowest BCUT2D eigenvalue weighted by molar-refractivity contribution is 0.874. The molecule has 96 valence electrons. The van der Waals surface area contributed by atoms with Crippen molar-refractivity contribution in [1.82, 2.24) is 3.96 Å². The fourth-order valence-electron chi connectivity index (χ4n) is 1.93. The molecule has 3 rings (SSSR count). The Labute approximate surface area is 130 Å². The van der Waals surface area contributed by atoms with E-state index in [0.29, 0.717) is 10.0 Å². The van der Waals surface area contributed by atoms with Crippen molar-refractivity contribution in [2.45, 2.75) is 6.54 Å². The van der Waals surface area contributed by atoms with Gasteiger partial charge < -0.3 is 0 Å². The van der Waals surface area contributed by atoms with Gasteiger partial charge in [0.25, 0.3) is 0 Å². The predicted molar refractivity (Wildman–Crippen MR) is 86.2 cm³/mol. The Balaban J connectivity index is 2.03. The van der Waals surface area contributed by atoms with E-state index in [-0.39, 0.29) is 0 Å². The third-order valence-electron chi connectivity index (χ3n) is 2.86. The van der Waals surface area contributed by atoms with Crippen molar-refractivity contribution >= 4 is 57.0 Å². The molecule has 0 bridgehead atoms. The zero-order valence-electron chi connectivity index (χ0n) is 9.77. The van der Waals surface area contributed by atoms with Crippen molar-refractivity contribution < 1.29 is 0 Å². The third kappa shape index (κ3) is 2.56. The Hall–Kier alpha value is -0.870. The normalized spacial score (nSPS) is 11.1. The van der Waals surface area contributed by atoms with Crippen molar-refractivity contribution in [3.05, 3.63) is 62.7 Å². The largest absolute Gasteiger partial charge is 0.283 e. The second kappa shape index (κ2) is 5.25. The number of nitrogens with zero attached hydrogens (tertiary/aromatic N) is 1. The number of fused-ring (bicyclic) bond motifs is 1. The Morgan fingerprint density at radius 3 is 2.58 bits per heavy atom. The fourth-order valence-corrected chi connectivity index (χ4v) is 3.70. The molecule has 2 aromatic carbocycles. The van der Waals surface area contributed by atoms with Crippen LogP contribution in [0.5, 0.6) is 0 Å². The second-order valence-electron chi connectivity index (χ2n) is 4.18. The molecule has 0 aliphatic heterocycles. The minimum Gasteiger partial charge on any atom is -0.283 e. The highest BCUT2D eigenvalue weighted by Gasteiger charge is 2.05. The van der Waals surface area contributed by atoms with Crippen LogP contribution in [0.3, 0.4) is 0 Å². The molecule has 0 spiro atoms. The molecule has 0 aliphatic carbocycles. The topological polar surface area (TPSA) is 4.93 Å². The number of halogens is 2. The van der Waals surface area contributed by atoms with Crippen LogP contribution in [0.1, 0.15) is 5.56 Å². The second-order valence-corrected chi connectivity index (χ2v) is 6.44. The van der Waals surface area contributed by atoms with Crippen LogP contribution in [0.25, 0.3) is 10.1 Å². The average Bonchev–Trinajstić information content (AvgIpc) is 2.72. The summed E-state index contributed by atoms with van der Waals surface area (Å²) in [5.74, 6) is 0. The molecule has 3 aromatic rings. The molecule has 1 nitrogen and oxygen atoms in total. The molecule has 0 aliphatic rings. The van der Waals surface area contributed by atoms with Crippen LogP contribution in [-0.2, 0) is 6.54 Å². The summed E-state index contributed by atoms with van der Waals surface area (Å²) in [4.78, 5) is 0. The Morgan fingerprint density at radius 1 is 1.05 bits per heavy atom. The maximum absolute atomic E-state index is 6.03. The first kappa shape index (κ1) is 13.1. The minimum atomic E-state index is 0.574. The zero-order chi connectivity index (χ0) is 13.4. The van der Waals surface area contributed by atoms with Gasteiger partial charge in [0, 0.05) is 5.39 Å². The van der Waals surface area contributed by atoms with Gasteiger partial charge >= 0.3 is 0 Å². The van der Waals surface area contributed by atoms with Gasteiger partial charge in [0.15, 0.2) is 0 Å². The first-order valence-electron chi connectivity index (χ1n) is 5.68. The number of hydrogen-bond acceptors (Lipinski definition) is 2. The van der Waals surface area contributed by atoms with E-state index >= 15 is 0 Å². The summed E-state index contributed by atoms with van der Waals surface area (Å²) in [6.45, 7) is 0.717. The molecule has 0 unspecified atom stereocenters. The van der Waals surface area contributed by atoms with Crippen LogP contribution in [0, 0.1) is 4.64 Å². The van der Waals surface area contributed by atoms with E-state index in [0.717, 1.165) is 22.1 Å². The van der Waals surface area contributed by atoms with Crippen LogP contribution in [0.4, 0.5) is 0 Å². The molecule has 0 saturated carbocycles. The van der Waals surface area contributed by atoms with E-state index in [4.69, 9.17) is 35.4 Å². The number of benzene rings is 2. The lowest BCUT2D eigenvalue weighted by atomic mass is 10.2. The SMILES string of the molecule is S=c1c2ccccc2sn1Cc1ccc(Cl)c(Cl)c1. The van der Waals surface area contributed by atoms with Gasteiger partial charge in [-0.25, -0.2) is 0 Å². The summed E-state index contributed by atoms with van der Waals surface area (Å²) in [7, 11) is 0. The molecule has 0 N–H and O–H groups in total. The van der Waals surface area contributed by atoms with Gasteiger partial charge in [-0.2, -0.15) is 0 Å². The highest BCUT2D eigenvalue weighted by molar-refractivity contribution is 7.71. The van der Waals surface area contributed by atoms with E-state index < -0.39 is 0 Å². The smallest absolute Gasteiger partial charge is 0.124 e. The van der Waals surface area contributed by atoms with Crippen LogP contribution < -0.4 is 0 Å². The maximum atomic E-state index is 6.03. The van der Waals surface area contributed by atoms with Crippen molar-refractivity contribution in [1.29, 1.82) is 0 Å². The Bertz CT molecular complexity index is 805. The van der Waals surface area contributed by atoms with Crippen LogP contribution in [0.2, 0.25) is 10.0 Å². The molecule has 0 saturated heterocycles. The number of aromatic nitrogens is 1. The summed E-state index contributed by atoms with van der Waals surface area (Å²) in [6.07, 6.45) is 0. The zero-order valence-corrected chi connectivity index (χ0v) is 12.9. The highest BCUT2D eigenvalue weighted by atomic mass is 35.5. The first-order valence-corrected chi connectivity index (χ1v) is 7.62. The molecule has 0 amide bonds. The molecule has 5 heteroatoms. The molecular weight excluding hydrogens is 317 g/mol. The molecule has 1 heterocycles. The molecule has 0 fully saturated rings. The van der Waals surface area contributed by atoms with Crippen LogP contribution >= 0.6 is 47.0 Å². The van der Waals surface area contributed by atoms with Crippen LogP contribution in [-0.4, -0.2) is 3.96 Å². The van der Waals surface area contributed by atoms with Crippen molar-refractivity contribution in [3.63, 3.8) is 0 Å². The van der Waals surface area contributed by atoms with Crippen molar-refractivity contribution in [2.75, 3.05) is 0 Å². The quantitative estimate of drug-likeness (QED) is 0.540. The number of rotatable bonds is 2. The van der Waals surface area contributed by atoms with Crippen molar-refractivity contribution in [3.8, 4) is 0 Å². The average molecular weight is 326 g/mol. The van der Waals surface area contributed by atoms with Gasteiger partial charge in [-0.15, -0.1) is 0 Å². The summed E-state index contributed by atoms with van der Waals surface area (Å²) >= 11 is 19.1. The van der Waals surface area contributed by atoms with Gasteiger partial charge in [-0.3, -0.25) is 3.96 Å². The summed E-state index contributed by atoms with van der Waals surface area (Å²) in [5, 5.41) is 2.28. The lowest BCUT2D eigenvalue weighted by Crippen LogP contribution is -1.95. The molecule has 1 aromatic heterocycles. The molecule has 0 radical (unpaired) electrons. The van der Waals surface area contributed by atoms with Crippen LogP contribution in [0.15, 0.2) is 42.5 Å². The molecule has 19 heavy (non-hydrogen) atoms. The van der Waals surface area contributed by atoms with Gasteiger partial charge in [0.05, 0.1) is 21.3 Å². The van der Waals surface area contributed by atoms with E-state index in [1.165, 1.54) is 4.70 Å². The maximum Gasteiger partial charge on any atom is 0.124 e. The van der Waals surface area contributed by atoms with E-state index in [1.807, 2.05) is 30.3 Å². The Kier molecular flexibility index (Phi) is 3.63. The van der Waals surface area contributed by atoms with E-state index in [9.17, 15) is 0 Å². The summed E-state index contributed by atoms with van der Waals surface area (Å²) in [6, 6.07) is 13.8. The highest BCUT2D eigenvalue weighted by Crippen LogP contribution is 2.26. The third-order valence-corrected chi connectivity index (χ3v) is 5.24. The summed E-state index contributed by atoms with van der Waals surface area (Å²) in [5.41, 5.74) is 1.09. The van der Waals surface area contributed by atoms with Gasteiger partial charge in [0.2, 0.25) is 0 Å². The molecule has 0 atom stereocenters. The number of hydrogen-bond donors (Lipinski definition) is 0. The van der Waals surface area contributed by atoms with Crippen molar-refractivity contribution in [2.24, 2.45) is 0 Å². The predicted octanol–water partition coefficient (Wildman–Crippen LogP) is 5.79. The van der Waals surface area contributed by atoms with Gasteiger partial charge in [0.1, 0.15) is 4.64 Å². The van der Waals surface area contributed by atoms with Gasteiger partial charge in [-0.05, 0) is 23.8 Å². The Morgan fingerprint density at radius 2 is 1.84 bits per heavy atom. The van der Waals surface area contributed by atoms with Gasteiger partial charge in [-0.1, -0.05) is 71.2 Å². The fraction of sp³-hybridized carbons (Fsp3) is 0.0714. The standard InChI is InChI=1S/C14H9Cl2NS2/c15-11-6-5-9(7-12(11)16)8-17-14(18)10-3-1-2-4-13(10)19-17/h1-7H,8H2. The summed E-state index contributed by atoms with van der Waals surface area (Å²) < 4.78 is 4.17. The van der Waals surface area contributed by atoms with E-state index in [2.05, 4.69) is 16.1 Å². The van der Waals surface area contributed by atoms with E-state index in [1.54, 1.807) is 11.5 Å². The first-order chi connectivity index (χ1) is 9.15. The monoisotopic (exact) mass is 325 g/mol. The minimum absolute atomic E-state index is 0.574. The lowest BCUT2D eigenvalue weighted by Gasteiger charge is -2.03.